The number of hydrogen-bond donors (Lipinski definition) is 2. The number of nitrogens with one attached hydrogen (secondary N) is 2. The third kappa shape index (κ3) is 7.23. The first-order valence-corrected chi connectivity index (χ1v) is 9.27. The van der Waals surface area contributed by atoms with E-state index in [0.29, 0.717) is 18.0 Å². The van der Waals surface area contributed by atoms with Gasteiger partial charge in [0.2, 0.25) is 5.96 Å². The largest absolute Gasteiger partial charge is 0.442 e. The lowest BCUT2D eigenvalue weighted by Crippen LogP contribution is -2.49. The van der Waals surface area contributed by atoms with Gasteiger partial charge in [0, 0.05) is 12.1 Å². The molecule has 2 fully saturated rings. The van der Waals surface area contributed by atoms with Gasteiger partial charge in [-0.3, -0.25) is 0 Å². The van der Waals surface area contributed by atoms with Gasteiger partial charge in [-0.05, 0) is 46.5 Å². The highest BCUT2D eigenvalue weighted by atomic mass is 16.6. The number of nitrogens with zero attached hydrogens (tertiary/aromatic N) is 1. The molecule has 5 nitrogen and oxygen atoms in total. The van der Waals surface area contributed by atoms with Crippen LogP contribution >= 0.6 is 0 Å². The lowest BCUT2D eigenvalue weighted by Gasteiger charge is -2.29. The zero-order valence-corrected chi connectivity index (χ0v) is 15.0. The third-order valence-corrected chi connectivity index (χ3v) is 4.49. The van der Waals surface area contributed by atoms with E-state index in [1.54, 1.807) is 0 Å². The van der Waals surface area contributed by atoms with Gasteiger partial charge in [0.05, 0.1) is 0 Å². The quantitative estimate of drug-likeness (QED) is 0.592. The van der Waals surface area contributed by atoms with Crippen LogP contribution in [0.2, 0.25) is 0 Å². The van der Waals surface area contributed by atoms with Crippen molar-refractivity contribution in [2.45, 2.75) is 103 Å². The molecule has 0 aromatic carbocycles. The van der Waals surface area contributed by atoms with Crippen molar-refractivity contribution in [1.82, 2.24) is 10.6 Å². The van der Waals surface area contributed by atoms with E-state index in [4.69, 9.17) is 4.74 Å². The van der Waals surface area contributed by atoms with Gasteiger partial charge in [0.15, 0.2) is 0 Å². The Bertz CT molecular complexity index is 381. The molecule has 0 aliphatic heterocycles. The van der Waals surface area contributed by atoms with Crippen molar-refractivity contribution in [3.8, 4) is 0 Å². The van der Waals surface area contributed by atoms with Crippen LogP contribution in [0.25, 0.3) is 0 Å². The van der Waals surface area contributed by atoms with Crippen molar-refractivity contribution in [3.63, 3.8) is 0 Å². The summed E-state index contributed by atoms with van der Waals surface area (Å²) in [5.41, 5.74) is -0.513. The van der Waals surface area contributed by atoms with Gasteiger partial charge in [-0.25, -0.2) is 4.79 Å². The molecule has 132 valence electrons. The van der Waals surface area contributed by atoms with Crippen molar-refractivity contribution < 1.29 is 9.53 Å². The minimum absolute atomic E-state index is 0.418. The molecule has 2 aliphatic carbocycles. The molecule has 0 atom stereocenters. The summed E-state index contributed by atoms with van der Waals surface area (Å²) in [5, 5.41) is 6.92. The minimum Gasteiger partial charge on any atom is -0.442 e. The van der Waals surface area contributed by atoms with Crippen molar-refractivity contribution in [1.29, 1.82) is 0 Å². The van der Waals surface area contributed by atoms with Crippen LogP contribution in [0.5, 0.6) is 0 Å². The zero-order chi connectivity index (χ0) is 16.7. The van der Waals surface area contributed by atoms with Crippen LogP contribution in [-0.4, -0.2) is 29.7 Å². The Labute approximate surface area is 140 Å². The summed E-state index contributed by atoms with van der Waals surface area (Å²) in [4.78, 5) is 16.2. The first kappa shape index (κ1) is 18.1. The van der Waals surface area contributed by atoms with E-state index in [9.17, 15) is 4.79 Å². The van der Waals surface area contributed by atoms with Gasteiger partial charge >= 0.3 is 6.09 Å². The van der Waals surface area contributed by atoms with Crippen molar-refractivity contribution in [2.75, 3.05) is 0 Å². The van der Waals surface area contributed by atoms with E-state index in [1.807, 2.05) is 20.8 Å². The summed E-state index contributed by atoms with van der Waals surface area (Å²) < 4.78 is 5.34. The minimum atomic E-state index is -0.515. The molecule has 2 saturated carbocycles. The molecule has 1 amide bonds. The molecule has 0 saturated heterocycles. The van der Waals surface area contributed by atoms with Crippen LogP contribution in [0.15, 0.2) is 4.99 Å². The number of amides is 1. The van der Waals surface area contributed by atoms with Gasteiger partial charge < -0.3 is 15.4 Å². The average molecular weight is 323 g/mol. The fourth-order valence-electron chi connectivity index (χ4n) is 3.36. The molecule has 0 bridgehead atoms. The fourth-order valence-corrected chi connectivity index (χ4v) is 3.36. The maximum atomic E-state index is 12.1. The van der Waals surface area contributed by atoms with E-state index in [1.165, 1.54) is 38.5 Å². The van der Waals surface area contributed by atoms with Crippen LogP contribution < -0.4 is 10.6 Å². The summed E-state index contributed by atoms with van der Waals surface area (Å²) in [6.45, 7) is 5.59. The highest BCUT2D eigenvalue weighted by Crippen LogP contribution is 2.19. The third-order valence-electron chi connectivity index (χ3n) is 4.49. The van der Waals surface area contributed by atoms with Crippen LogP contribution in [0.4, 0.5) is 4.79 Å². The number of ether oxygens (including phenoxy) is 1. The second-order valence-corrected chi connectivity index (χ2v) is 7.90. The molecule has 0 unspecified atom stereocenters. The smallest absolute Gasteiger partial charge is 0.437 e. The summed E-state index contributed by atoms with van der Waals surface area (Å²) in [6.07, 6.45) is 11.7. The molecular weight excluding hydrogens is 290 g/mol. The Morgan fingerprint density at radius 2 is 1.30 bits per heavy atom. The number of carbonyl (C=O) groups excluding carboxylic acids is 1. The molecule has 2 rings (SSSR count). The highest BCUT2D eigenvalue weighted by molar-refractivity contribution is 5.90. The number of aliphatic imine (C=N–C) groups is 1. The van der Waals surface area contributed by atoms with Crippen LogP contribution in [0.3, 0.4) is 0 Å². The number of carbonyl (C=O) groups is 1. The lowest BCUT2D eigenvalue weighted by molar-refractivity contribution is 0.0602. The Kier molecular flexibility index (Phi) is 6.72. The van der Waals surface area contributed by atoms with Gasteiger partial charge in [-0.15, -0.1) is 4.99 Å². The summed E-state index contributed by atoms with van der Waals surface area (Å²) in [6, 6.07) is 0.835. The van der Waals surface area contributed by atoms with Crippen molar-refractivity contribution >= 4 is 12.1 Å². The molecule has 2 N–H and O–H groups in total. The van der Waals surface area contributed by atoms with Gasteiger partial charge in [-0.2, -0.15) is 0 Å². The van der Waals surface area contributed by atoms with Crippen molar-refractivity contribution in [3.05, 3.63) is 0 Å². The Morgan fingerprint density at radius 1 is 0.870 bits per heavy atom. The Morgan fingerprint density at radius 3 is 1.70 bits per heavy atom. The van der Waals surface area contributed by atoms with Gasteiger partial charge in [-0.1, -0.05) is 38.5 Å². The van der Waals surface area contributed by atoms with Crippen LogP contribution in [0, 0.1) is 0 Å². The summed E-state index contributed by atoms with van der Waals surface area (Å²) in [5.74, 6) is 0.609. The van der Waals surface area contributed by atoms with E-state index in [0.717, 1.165) is 25.7 Å². The first-order valence-electron chi connectivity index (χ1n) is 9.27. The van der Waals surface area contributed by atoms with Gasteiger partial charge in [0.1, 0.15) is 5.60 Å². The Hall–Kier alpha value is -1.26. The summed E-state index contributed by atoms with van der Waals surface area (Å²) >= 11 is 0. The SMILES string of the molecule is CC(C)(C)OC(=O)N=C(NC1CCCCC1)NC1CCCCC1. The van der Waals surface area contributed by atoms with Crippen LogP contribution in [0.1, 0.15) is 85.0 Å². The number of rotatable bonds is 2. The molecule has 0 heterocycles. The first-order chi connectivity index (χ1) is 10.9. The molecular formula is C18H33N3O2. The normalized spacial score (nSPS) is 20.7. The predicted octanol–water partition coefficient (Wildman–Crippen LogP) is 4.12. The Balaban J connectivity index is 1.98. The second-order valence-electron chi connectivity index (χ2n) is 7.90. The average Bonchev–Trinajstić information content (AvgIpc) is 2.47. The molecule has 0 aromatic heterocycles. The van der Waals surface area contributed by atoms with Crippen molar-refractivity contribution in [2.24, 2.45) is 4.99 Å². The fraction of sp³-hybridized carbons (Fsp3) is 0.889. The van der Waals surface area contributed by atoms with Crippen LogP contribution in [-0.2, 0) is 4.74 Å². The topological polar surface area (TPSA) is 62.7 Å². The molecule has 23 heavy (non-hydrogen) atoms. The number of hydrogen-bond acceptors (Lipinski definition) is 2. The second kappa shape index (κ2) is 8.55. The lowest BCUT2D eigenvalue weighted by atomic mass is 9.95. The molecule has 0 radical (unpaired) electrons. The van der Waals surface area contributed by atoms with E-state index < -0.39 is 11.7 Å². The van der Waals surface area contributed by atoms with Gasteiger partial charge in [0.25, 0.3) is 0 Å². The highest BCUT2D eigenvalue weighted by Gasteiger charge is 2.21. The summed E-state index contributed by atoms with van der Waals surface area (Å²) in [7, 11) is 0. The number of guanidine groups is 1. The van der Waals surface area contributed by atoms with E-state index in [2.05, 4.69) is 15.6 Å². The molecule has 2 aliphatic rings. The maximum Gasteiger partial charge on any atom is 0.437 e. The molecule has 0 spiro atoms. The van der Waals surface area contributed by atoms with E-state index >= 15 is 0 Å². The molecule has 5 heteroatoms. The molecule has 0 aromatic rings. The monoisotopic (exact) mass is 323 g/mol. The predicted molar refractivity (Wildman–Crippen MR) is 93.7 cm³/mol. The van der Waals surface area contributed by atoms with E-state index in [-0.39, 0.29) is 0 Å². The maximum absolute atomic E-state index is 12.1. The standard InChI is InChI=1S/C18H33N3O2/c1-18(2,3)23-17(22)21-16(19-14-10-6-4-7-11-14)20-15-12-8-5-9-13-15/h14-15H,4-13H2,1-3H3,(H2,19,20,21,22). The zero-order valence-electron chi connectivity index (χ0n) is 15.0.